The van der Waals surface area contributed by atoms with Gasteiger partial charge in [0, 0.05) is 30.1 Å². The number of alkyl carbamates (subject to hydrolysis) is 1. The highest BCUT2D eigenvalue weighted by Gasteiger charge is 2.52. The van der Waals surface area contributed by atoms with Gasteiger partial charge in [-0.2, -0.15) is 0 Å². The monoisotopic (exact) mass is 457 g/mol. The summed E-state index contributed by atoms with van der Waals surface area (Å²) < 4.78 is 10.5. The molecule has 1 aliphatic heterocycles. The highest BCUT2D eigenvalue weighted by molar-refractivity contribution is 5.96. The molecule has 0 bridgehead atoms. The lowest BCUT2D eigenvalue weighted by molar-refractivity contribution is -0.153. The summed E-state index contributed by atoms with van der Waals surface area (Å²) in [4.78, 5) is 44.0. The number of carbonyl (C=O) groups excluding carboxylic acids is 3. The maximum atomic E-state index is 13.9. The third-order valence-corrected chi connectivity index (χ3v) is 5.90. The number of aromatic amines is 1. The molecule has 1 saturated heterocycles. The van der Waals surface area contributed by atoms with Crippen molar-refractivity contribution < 1.29 is 23.9 Å². The average Bonchev–Trinajstić information content (AvgIpc) is 3.26. The van der Waals surface area contributed by atoms with Crippen LogP contribution in [0.3, 0.4) is 0 Å². The third-order valence-electron chi connectivity index (χ3n) is 5.90. The second-order valence-corrected chi connectivity index (χ2v) is 10.2. The van der Waals surface area contributed by atoms with Crippen LogP contribution >= 0.6 is 0 Å². The van der Waals surface area contributed by atoms with E-state index < -0.39 is 29.2 Å². The van der Waals surface area contributed by atoms with Gasteiger partial charge >= 0.3 is 12.1 Å². The van der Waals surface area contributed by atoms with E-state index in [1.54, 1.807) is 25.7 Å². The van der Waals surface area contributed by atoms with Crippen LogP contribution in [0.2, 0.25) is 0 Å². The van der Waals surface area contributed by atoms with E-state index in [4.69, 9.17) is 9.47 Å². The summed E-state index contributed by atoms with van der Waals surface area (Å²) in [7, 11) is 1.33. The molecule has 1 unspecified atom stereocenters. The number of aromatic nitrogens is 1. The Morgan fingerprint density at radius 1 is 1.24 bits per heavy atom. The number of carbonyl (C=O) groups is 3. The van der Waals surface area contributed by atoms with E-state index in [1.165, 1.54) is 7.11 Å². The van der Waals surface area contributed by atoms with Crippen LogP contribution in [0, 0.1) is 5.92 Å². The molecule has 1 aliphatic rings. The summed E-state index contributed by atoms with van der Waals surface area (Å²) in [5, 5.41) is 3.87. The van der Waals surface area contributed by atoms with Gasteiger partial charge in [0.25, 0.3) is 0 Å². The number of esters is 1. The van der Waals surface area contributed by atoms with Gasteiger partial charge in [-0.25, -0.2) is 9.59 Å². The minimum atomic E-state index is -1.23. The lowest BCUT2D eigenvalue weighted by atomic mass is 9.88. The Morgan fingerprint density at radius 3 is 2.58 bits per heavy atom. The second-order valence-electron chi connectivity index (χ2n) is 10.2. The molecule has 2 atom stereocenters. The van der Waals surface area contributed by atoms with Crippen LogP contribution in [0.5, 0.6) is 0 Å². The quantitative estimate of drug-likeness (QED) is 0.616. The van der Waals surface area contributed by atoms with E-state index in [0.29, 0.717) is 19.4 Å². The van der Waals surface area contributed by atoms with Crippen LogP contribution in [0.15, 0.2) is 30.5 Å². The summed E-state index contributed by atoms with van der Waals surface area (Å²) >= 11 is 0. The Labute approximate surface area is 195 Å². The van der Waals surface area contributed by atoms with Crippen LogP contribution in [0.1, 0.15) is 53.0 Å². The van der Waals surface area contributed by atoms with Crippen molar-refractivity contribution in [3.05, 3.63) is 36.0 Å². The number of likely N-dealkylation sites (tertiary alicyclic amines) is 1. The van der Waals surface area contributed by atoms with Crippen molar-refractivity contribution in [2.24, 2.45) is 5.92 Å². The molecule has 180 valence electrons. The average molecular weight is 458 g/mol. The van der Waals surface area contributed by atoms with Gasteiger partial charge in [-0.05, 0) is 51.2 Å². The number of hydrogen-bond acceptors (Lipinski definition) is 5. The Hall–Kier alpha value is -3.03. The van der Waals surface area contributed by atoms with Crippen LogP contribution in [-0.4, -0.2) is 58.7 Å². The first-order chi connectivity index (χ1) is 15.5. The molecule has 3 rings (SSSR count). The summed E-state index contributed by atoms with van der Waals surface area (Å²) in [5.74, 6) is -0.559. The van der Waals surface area contributed by atoms with Gasteiger partial charge < -0.3 is 24.7 Å². The molecule has 2 aromatic rings. The molecule has 2 N–H and O–H groups in total. The van der Waals surface area contributed by atoms with E-state index in [2.05, 4.69) is 10.3 Å². The number of nitrogens with one attached hydrogen (secondary N) is 2. The fraction of sp³-hybridized carbons (Fsp3) is 0.560. The molecule has 0 spiro atoms. The lowest BCUT2D eigenvalue weighted by Gasteiger charge is -2.32. The van der Waals surface area contributed by atoms with Gasteiger partial charge in [0.05, 0.1) is 7.11 Å². The number of rotatable bonds is 7. The van der Waals surface area contributed by atoms with Crippen LogP contribution in [0.25, 0.3) is 10.9 Å². The zero-order chi connectivity index (χ0) is 24.4. The number of benzene rings is 1. The maximum Gasteiger partial charge on any atom is 0.408 e. The number of nitrogens with zero attached hydrogens (tertiary/aromatic N) is 1. The fourth-order valence-corrected chi connectivity index (χ4v) is 4.45. The SMILES string of the molecule is COC(=O)[C@H](CC(C)C)N1CCC(Cc2c[nH]c3ccccc23)(NC(=O)OC(C)(C)C)C1=O. The van der Waals surface area contributed by atoms with Gasteiger partial charge in [-0.1, -0.05) is 32.0 Å². The van der Waals surface area contributed by atoms with Gasteiger partial charge in [0.15, 0.2) is 0 Å². The van der Waals surface area contributed by atoms with E-state index in [-0.39, 0.29) is 18.2 Å². The molecular formula is C25H35N3O5. The molecule has 1 aromatic carbocycles. The van der Waals surface area contributed by atoms with Crippen LogP contribution in [-0.2, 0) is 25.5 Å². The van der Waals surface area contributed by atoms with Gasteiger partial charge in [-0.15, -0.1) is 0 Å². The topological polar surface area (TPSA) is 101 Å². The number of ether oxygens (including phenoxy) is 2. The summed E-state index contributed by atoms with van der Waals surface area (Å²) in [6, 6.07) is 7.12. The maximum absolute atomic E-state index is 13.9. The molecule has 2 heterocycles. The van der Waals surface area contributed by atoms with E-state index in [1.807, 2.05) is 44.3 Å². The van der Waals surface area contributed by atoms with E-state index >= 15 is 0 Å². The summed E-state index contributed by atoms with van der Waals surface area (Å²) in [6.45, 7) is 9.65. The molecule has 0 saturated carbocycles. The number of H-pyrrole nitrogens is 1. The Balaban J connectivity index is 1.97. The largest absolute Gasteiger partial charge is 0.467 e. The predicted octanol–water partition coefficient (Wildman–Crippen LogP) is 3.79. The molecule has 1 fully saturated rings. The molecule has 33 heavy (non-hydrogen) atoms. The van der Waals surface area contributed by atoms with Crippen molar-refractivity contribution in [1.82, 2.24) is 15.2 Å². The standard InChI is InChI=1S/C25H35N3O5/c1-16(2)13-20(21(29)32-6)28-12-11-25(22(28)30,27-23(31)33-24(3,4)5)14-17-15-26-19-10-8-7-9-18(17)19/h7-10,15-16,20,26H,11-14H2,1-6H3,(H,27,31)/t20-,25?/m0/s1. The number of amides is 2. The van der Waals surface area contributed by atoms with Gasteiger partial charge in [-0.3, -0.25) is 4.79 Å². The zero-order valence-corrected chi connectivity index (χ0v) is 20.4. The first-order valence-corrected chi connectivity index (χ1v) is 11.4. The molecular weight excluding hydrogens is 422 g/mol. The number of para-hydroxylation sites is 1. The summed E-state index contributed by atoms with van der Waals surface area (Å²) in [5.41, 5.74) is -0.0688. The normalized spacial score (nSPS) is 19.7. The first kappa shape index (κ1) is 24.6. The first-order valence-electron chi connectivity index (χ1n) is 11.4. The predicted molar refractivity (Wildman–Crippen MR) is 126 cm³/mol. The van der Waals surface area contributed by atoms with Crippen LogP contribution in [0.4, 0.5) is 4.79 Å². The smallest absolute Gasteiger partial charge is 0.408 e. The highest BCUT2D eigenvalue weighted by Crippen LogP contribution is 2.33. The number of hydrogen-bond donors (Lipinski definition) is 2. The van der Waals surface area contributed by atoms with Crippen molar-refractivity contribution in [2.45, 2.75) is 71.1 Å². The molecule has 1 aromatic heterocycles. The zero-order valence-electron chi connectivity index (χ0n) is 20.4. The lowest BCUT2D eigenvalue weighted by Crippen LogP contribution is -2.58. The Morgan fingerprint density at radius 2 is 1.94 bits per heavy atom. The van der Waals surface area contributed by atoms with Crippen LogP contribution < -0.4 is 5.32 Å². The highest BCUT2D eigenvalue weighted by atomic mass is 16.6. The van der Waals surface area contributed by atoms with Crippen molar-refractivity contribution >= 4 is 28.9 Å². The minimum absolute atomic E-state index is 0.185. The molecule has 8 heteroatoms. The van der Waals surface area contributed by atoms with Crippen molar-refractivity contribution in [1.29, 1.82) is 0 Å². The Bertz CT molecular complexity index is 1020. The van der Waals surface area contributed by atoms with E-state index in [0.717, 1.165) is 16.5 Å². The van der Waals surface area contributed by atoms with Crippen molar-refractivity contribution in [3.63, 3.8) is 0 Å². The van der Waals surface area contributed by atoms with Crippen molar-refractivity contribution in [3.8, 4) is 0 Å². The van der Waals surface area contributed by atoms with Gasteiger partial charge in [0.1, 0.15) is 17.2 Å². The van der Waals surface area contributed by atoms with E-state index in [9.17, 15) is 14.4 Å². The van der Waals surface area contributed by atoms with Gasteiger partial charge in [0.2, 0.25) is 5.91 Å². The number of methoxy groups -OCH3 is 1. The van der Waals surface area contributed by atoms with Crippen molar-refractivity contribution in [2.75, 3.05) is 13.7 Å². The minimum Gasteiger partial charge on any atom is -0.467 e. The third kappa shape index (κ3) is 5.49. The molecule has 0 aliphatic carbocycles. The molecule has 8 nitrogen and oxygen atoms in total. The molecule has 2 amide bonds. The Kier molecular flexibility index (Phi) is 7.05. The second kappa shape index (κ2) is 9.45. The summed E-state index contributed by atoms with van der Waals surface area (Å²) in [6.07, 6.45) is 2.33. The number of fused-ring (bicyclic) bond motifs is 1. The fourth-order valence-electron chi connectivity index (χ4n) is 4.45. The molecule has 0 radical (unpaired) electrons.